The van der Waals surface area contributed by atoms with Gasteiger partial charge in [0.2, 0.25) is 5.91 Å². The number of hydrogen-bond acceptors (Lipinski definition) is 5. The first-order chi connectivity index (χ1) is 14.0. The van der Waals surface area contributed by atoms with Crippen molar-refractivity contribution in [3.8, 4) is 6.07 Å². The first kappa shape index (κ1) is 22.0. The van der Waals surface area contributed by atoms with Crippen LogP contribution in [-0.4, -0.2) is 78.5 Å². The van der Waals surface area contributed by atoms with Gasteiger partial charge < -0.3 is 10.2 Å². The Labute approximate surface area is 179 Å². The monoisotopic (exact) mass is 417 g/mol. The summed E-state index contributed by atoms with van der Waals surface area (Å²) in [4.78, 5) is 19.8. The molecule has 1 aromatic carbocycles. The average molecular weight is 418 g/mol. The number of carbonyl (C=O) groups is 1. The second kappa shape index (κ2) is 10.4. The van der Waals surface area contributed by atoms with Gasteiger partial charge in [0.05, 0.1) is 10.6 Å². The first-order valence-corrected chi connectivity index (χ1v) is 11.0. The second-order valence-corrected chi connectivity index (χ2v) is 8.71. The molecule has 3 rings (SSSR count). The molecule has 29 heavy (non-hydrogen) atoms. The fourth-order valence-corrected chi connectivity index (χ4v) is 4.57. The van der Waals surface area contributed by atoms with Gasteiger partial charge in [-0.1, -0.05) is 11.6 Å². The molecular weight excluding hydrogens is 386 g/mol. The van der Waals surface area contributed by atoms with E-state index in [0.717, 1.165) is 57.9 Å². The molecule has 6 nitrogen and oxygen atoms in total. The Bertz CT molecular complexity index is 731. The summed E-state index contributed by atoms with van der Waals surface area (Å²) in [5.41, 5.74) is 1.05. The number of likely N-dealkylation sites (tertiary alicyclic amines) is 1. The number of hydrogen-bond donors (Lipinski definition) is 1. The van der Waals surface area contributed by atoms with Crippen molar-refractivity contribution in [3.05, 3.63) is 28.8 Å². The Morgan fingerprint density at radius 1 is 1.10 bits per heavy atom. The molecule has 2 aliphatic rings. The van der Waals surface area contributed by atoms with Crippen molar-refractivity contribution in [3.63, 3.8) is 0 Å². The maximum Gasteiger partial charge on any atom is 0.225 e. The van der Waals surface area contributed by atoms with Crippen LogP contribution in [0.4, 0.5) is 5.69 Å². The Balaban J connectivity index is 1.34. The van der Waals surface area contributed by atoms with E-state index in [0.29, 0.717) is 22.7 Å². The molecular formula is C22H32ClN5O. The van der Waals surface area contributed by atoms with E-state index >= 15 is 0 Å². The zero-order valence-corrected chi connectivity index (χ0v) is 18.3. The second-order valence-electron chi connectivity index (χ2n) is 8.30. The van der Waals surface area contributed by atoms with Crippen LogP contribution in [0, 0.1) is 11.3 Å². The zero-order chi connectivity index (χ0) is 20.8. The Kier molecular flexibility index (Phi) is 7.91. The predicted molar refractivity (Wildman–Crippen MR) is 117 cm³/mol. The lowest BCUT2D eigenvalue weighted by Gasteiger charge is -2.36. The molecule has 2 unspecified atom stereocenters. The molecule has 158 valence electrons. The van der Waals surface area contributed by atoms with Crippen LogP contribution in [0.25, 0.3) is 0 Å². The highest BCUT2D eigenvalue weighted by Gasteiger charge is 2.27. The van der Waals surface area contributed by atoms with Crippen LogP contribution in [0.1, 0.15) is 38.7 Å². The van der Waals surface area contributed by atoms with Gasteiger partial charge in [-0.3, -0.25) is 14.6 Å². The molecule has 0 spiro atoms. The van der Waals surface area contributed by atoms with Gasteiger partial charge in [0.15, 0.2) is 0 Å². The lowest BCUT2D eigenvalue weighted by molar-refractivity contribution is -0.116. The lowest BCUT2D eigenvalue weighted by Crippen LogP contribution is -2.49. The molecule has 2 atom stereocenters. The molecule has 1 aromatic rings. The Hall–Kier alpha value is -1.65. The molecule has 7 heteroatoms. The molecule has 0 bridgehead atoms. The van der Waals surface area contributed by atoms with Crippen LogP contribution in [0.3, 0.4) is 0 Å². The van der Waals surface area contributed by atoms with Crippen molar-refractivity contribution in [2.45, 2.75) is 45.2 Å². The summed E-state index contributed by atoms with van der Waals surface area (Å²) in [6, 6.07) is 8.42. The molecule has 2 heterocycles. The quantitative estimate of drug-likeness (QED) is 0.738. The van der Waals surface area contributed by atoms with Gasteiger partial charge in [-0.2, -0.15) is 5.26 Å². The van der Waals surface area contributed by atoms with E-state index < -0.39 is 0 Å². The van der Waals surface area contributed by atoms with Crippen LogP contribution in [0.5, 0.6) is 0 Å². The topological polar surface area (TPSA) is 62.6 Å². The Morgan fingerprint density at radius 2 is 1.72 bits per heavy atom. The number of amides is 1. The summed E-state index contributed by atoms with van der Waals surface area (Å²) < 4.78 is 0. The number of halogens is 1. The fraction of sp³-hybridized carbons (Fsp3) is 0.636. The van der Waals surface area contributed by atoms with Crippen LogP contribution < -0.4 is 5.32 Å². The minimum Gasteiger partial charge on any atom is -0.326 e. The fourth-order valence-electron chi connectivity index (χ4n) is 4.35. The van der Waals surface area contributed by atoms with Gasteiger partial charge in [-0.15, -0.1) is 0 Å². The van der Waals surface area contributed by atoms with Gasteiger partial charge in [0.1, 0.15) is 6.07 Å². The third-order valence-electron chi connectivity index (χ3n) is 6.30. The average Bonchev–Trinajstić information content (AvgIpc) is 3.03. The largest absolute Gasteiger partial charge is 0.326 e. The number of nitrogens with one attached hydrogen (secondary N) is 1. The van der Waals surface area contributed by atoms with Crippen molar-refractivity contribution in [1.82, 2.24) is 14.7 Å². The van der Waals surface area contributed by atoms with Crippen LogP contribution >= 0.6 is 11.6 Å². The highest BCUT2D eigenvalue weighted by molar-refractivity contribution is 6.32. The van der Waals surface area contributed by atoms with Crippen LogP contribution in [0.15, 0.2) is 18.2 Å². The summed E-state index contributed by atoms with van der Waals surface area (Å²) in [6.07, 6.45) is 3.11. The minimum absolute atomic E-state index is 0.0230. The number of piperazine rings is 1. The predicted octanol–water partition coefficient (Wildman–Crippen LogP) is 3.03. The van der Waals surface area contributed by atoms with Crippen molar-refractivity contribution in [2.75, 3.05) is 51.1 Å². The zero-order valence-electron chi connectivity index (χ0n) is 17.5. The smallest absolute Gasteiger partial charge is 0.225 e. The third-order valence-corrected chi connectivity index (χ3v) is 6.61. The van der Waals surface area contributed by atoms with E-state index in [2.05, 4.69) is 33.9 Å². The van der Waals surface area contributed by atoms with Crippen LogP contribution in [-0.2, 0) is 4.79 Å². The van der Waals surface area contributed by atoms with E-state index in [1.807, 2.05) is 6.07 Å². The van der Waals surface area contributed by atoms with E-state index in [1.54, 1.807) is 18.2 Å². The number of nitrogens with zero attached hydrogens (tertiary/aromatic N) is 4. The molecule has 0 radical (unpaired) electrons. The standard InChI is InChI=1S/C22H32ClN5O/c1-17-3-4-18(2)28(17)14-13-27-11-9-26(10-12-27)8-7-22(29)25-20-6-5-19(16-24)21(23)15-20/h5-6,15,17-18H,3-4,7-14H2,1-2H3,(H,25,29). The number of carbonyl (C=O) groups excluding carboxylic acids is 1. The normalized spacial score (nSPS) is 23.8. The molecule has 0 aromatic heterocycles. The summed E-state index contributed by atoms with van der Waals surface area (Å²) in [5.74, 6) is -0.0230. The summed E-state index contributed by atoms with van der Waals surface area (Å²) in [7, 11) is 0. The highest BCUT2D eigenvalue weighted by atomic mass is 35.5. The van der Waals surface area contributed by atoms with E-state index in [4.69, 9.17) is 16.9 Å². The van der Waals surface area contributed by atoms with Gasteiger partial charge in [-0.25, -0.2) is 0 Å². The molecule has 1 amide bonds. The maximum atomic E-state index is 12.2. The lowest BCUT2D eigenvalue weighted by atomic mass is 10.2. The van der Waals surface area contributed by atoms with Crippen molar-refractivity contribution < 1.29 is 4.79 Å². The molecule has 2 aliphatic heterocycles. The first-order valence-electron chi connectivity index (χ1n) is 10.7. The van der Waals surface area contributed by atoms with Crippen molar-refractivity contribution in [2.24, 2.45) is 0 Å². The van der Waals surface area contributed by atoms with E-state index in [-0.39, 0.29) is 5.91 Å². The highest BCUT2D eigenvalue weighted by Crippen LogP contribution is 2.23. The molecule has 0 saturated carbocycles. The van der Waals surface area contributed by atoms with E-state index in [1.165, 1.54) is 12.8 Å². The van der Waals surface area contributed by atoms with Crippen molar-refractivity contribution >= 4 is 23.2 Å². The number of rotatable bonds is 7. The minimum atomic E-state index is -0.0230. The van der Waals surface area contributed by atoms with Gasteiger partial charge in [0.25, 0.3) is 0 Å². The summed E-state index contributed by atoms with van der Waals surface area (Å²) >= 11 is 6.02. The third kappa shape index (κ3) is 6.16. The van der Waals surface area contributed by atoms with Gasteiger partial charge in [0, 0.05) is 70.0 Å². The number of nitriles is 1. The summed E-state index contributed by atoms with van der Waals surface area (Å²) in [5, 5.41) is 12.1. The molecule has 0 aliphatic carbocycles. The van der Waals surface area contributed by atoms with E-state index in [9.17, 15) is 4.79 Å². The van der Waals surface area contributed by atoms with Crippen LogP contribution in [0.2, 0.25) is 5.02 Å². The molecule has 1 N–H and O–H groups in total. The molecule has 2 fully saturated rings. The van der Waals surface area contributed by atoms with Gasteiger partial charge in [-0.05, 0) is 44.9 Å². The number of anilines is 1. The summed E-state index contributed by atoms with van der Waals surface area (Å²) in [6.45, 7) is 11.9. The Morgan fingerprint density at radius 3 is 2.31 bits per heavy atom. The number of benzene rings is 1. The molecule has 2 saturated heterocycles. The van der Waals surface area contributed by atoms with Crippen molar-refractivity contribution in [1.29, 1.82) is 5.26 Å². The van der Waals surface area contributed by atoms with Gasteiger partial charge >= 0.3 is 0 Å². The SMILES string of the molecule is CC1CCC(C)N1CCN1CCN(CCC(=O)Nc2ccc(C#N)c(Cl)c2)CC1. The maximum absolute atomic E-state index is 12.2.